The third-order valence-electron chi connectivity index (χ3n) is 4.42. The van der Waals surface area contributed by atoms with Crippen LogP contribution in [0.25, 0.3) is 0 Å². The van der Waals surface area contributed by atoms with Crippen LogP contribution in [0.15, 0.2) is 4.42 Å². The Morgan fingerprint density at radius 3 is 2.71 bits per heavy atom. The van der Waals surface area contributed by atoms with Gasteiger partial charge in [0.1, 0.15) is 5.76 Å². The number of fused-ring (bicyclic) bond motifs is 1. The van der Waals surface area contributed by atoms with E-state index in [1.165, 1.54) is 0 Å². The normalized spacial score (nSPS) is 24.3. The summed E-state index contributed by atoms with van der Waals surface area (Å²) in [7, 11) is 0. The summed E-state index contributed by atoms with van der Waals surface area (Å²) >= 11 is 0. The van der Waals surface area contributed by atoms with Gasteiger partial charge in [0.2, 0.25) is 0 Å². The fourth-order valence-corrected chi connectivity index (χ4v) is 3.36. The van der Waals surface area contributed by atoms with Crippen LogP contribution >= 0.6 is 0 Å². The molecule has 1 aromatic rings. The van der Waals surface area contributed by atoms with Crippen LogP contribution in [0.4, 0.5) is 0 Å². The summed E-state index contributed by atoms with van der Waals surface area (Å²) in [5.74, 6) is 0.740. The number of hydrogen-bond acceptors (Lipinski definition) is 4. The Kier molecular flexibility index (Phi) is 3.20. The highest BCUT2D eigenvalue weighted by molar-refractivity contribution is 6.03. The molecule has 21 heavy (non-hydrogen) atoms. The Labute approximate surface area is 123 Å². The number of aliphatic hydroxyl groups excluding tert-OH is 1. The molecule has 0 spiro atoms. The Morgan fingerprint density at radius 1 is 1.38 bits per heavy atom. The van der Waals surface area contributed by atoms with E-state index >= 15 is 0 Å². The van der Waals surface area contributed by atoms with Crippen LogP contribution in [0.2, 0.25) is 0 Å². The number of nitrogens with zero attached hydrogens (tertiary/aromatic N) is 1. The molecule has 0 bridgehead atoms. The molecule has 0 aromatic carbocycles. The molecule has 1 saturated heterocycles. The van der Waals surface area contributed by atoms with Crippen molar-refractivity contribution in [2.45, 2.75) is 46.1 Å². The Hall–Kier alpha value is -1.62. The lowest BCUT2D eigenvalue weighted by atomic mass is 9.76. The molecular weight excluding hydrogens is 270 g/mol. The van der Waals surface area contributed by atoms with Gasteiger partial charge >= 0.3 is 0 Å². The van der Waals surface area contributed by atoms with Gasteiger partial charge in [-0.3, -0.25) is 9.59 Å². The average molecular weight is 291 g/mol. The zero-order valence-corrected chi connectivity index (χ0v) is 12.7. The van der Waals surface area contributed by atoms with E-state index in [0.717, 1.165) is 0 Å². The topological polar surface area (TPSA) is 70.8 Å². The first-order valence-corrected chi connectivity index (χ1v) is 7.41. The maximum Gasteiger partial charge on any atom is 0.289 e. The molecule has 5 heteroatoms. The van der Waals surface area contributed by atoms with Gasteiger partial charge < -0.3 is 14.4 Å². The third kappa shape index (κ3) is 2.39. The number of carbonyl (C=O) groups is 2. The third-order valence-corrected chi connectivity index (χ3v) is 4.42. The molecule has 5 nitrogen and oxygen atoms in total. The van der Waals surface area contributed by atoms with Crippen molar-refractivity contribution < 1.29 is 19.1 Å². The maximum atomic E-state index is 12.5. The number of carbonyl (C=O) groups excluding carboxylic acids is 2. The number of amides is 1. The van der Waals surface area contributed by atoms with Crippen molar-refractivity contribution in [2.75, 3.05) is 13.1 Å². The first-order chi connectivity index (χ1) is 9.78. The van der Waals surface area contributed by atoms with Gasteiger partial charge in [0.25, 0.3) is 5.91 Å². The molecule has 2 heterocycles. The van der Waals surface area contributed by atoms with Crippen molar-refractivity contribution in [3.63, 3.8) is 0 Å². The van der Waals surface area contributed by atoms with Crippen LogP contribution in [-0.2, 0) is 6.42 Å². The lowest BCUT2D eigenvalue weighted by molar-refractivity contribution is 0.0727. The molecule has 3 rings (SSSR count). The molecule has 0 unspecified atom stereocenters. The highest BCUT2D eigenvalue weighted by Crippen LogP contribution is 2.38. The minimum absolute atomic E-state index is 0.0583. The van der Waals surface area contributed by atoms with E-state index < -0.39 is 6.10 Å². The van der Waals surface area contributed by atoms with Gasteiger partial charge in [0.15, 0.2) is 11.5 Å². The van der Waals surface area contributed by atoms with Crippen molar-refractivity contribution >= 4 is 11.7 Å². The summed E-state index contributed by atoms with van der Waals surface area (Å²) in [5.41, 5.74) is 1.12. The number of likely N-dealkylation sites (tertiary alicyclic amines) is 1. The van der Waals surface area contributed by atoms with E-state index in [2.05, 4.69) is 0 Å². The fourth-order valence-electron chi connectivity index (χ4n) is 3.36. The molecule has 114 valence electrons. The molecular formula is C16H21NO4. The molecule has 1 aliphatic carbocycles. The van der Waals surface area contributed by atoms with Crippen LogP contribution in [0.1, 0.15) is 58.9 Å². The molecule has 1 amide bonds. The summed E-state index contributed by atoms with van der Waals surface area (Å²) in [5, 5.41) is 9.56. The lowest BCUT2D eigenvalue weighted by Gasteiger charge is -2.27. The second-order valence-corrected chi connectivity index (χ2v) is 6.99. The number of hydrogen-bond donors (Lipinski definition) is 1. The number of Topliss-reactive ketones (excluding diaryl/α,β-unsaturated/α-hetero) is 1. The highest BCUT2D eigenvalue weighted by atomic mass is 16.4. The maximum absolute atomic E-state index is 12.5. The molecule has 1 aromatic heterocycles. The summed E-state index contributed by atoms with van der Waals surface area (Å²) in [6.45, 7) is 6.71. The number of furan rings is 1. The molecule has 1 fully saturated rings. The van der Waals surface area contributed by atoms with Gasteiger partial charge in [-0.15, -0.1) is 0 Å². The van der Waals surface area contributed by atoms with Crippen molar-refractivity contribution in [1.29, 1.82) is 0 Å². The van der Waals surface area contributed by atoms with Crippen molar-refractivity contribution in [3.8, 4) is 0 Å². The summed E-state index contributed by atoms with van der Waals surface area (Å²) in [6, 6.07) is 0. The summed E-state index contributed by atoms with van der Waals surface area (Å²) in [6.07, 6.45) is 1.29. The molecule has 1 aliphatic heterocycles. The zero-order chi connectivity index (χ0) is 15.4. The van der Waals surface area contributed by atoms with E-state index in [-0.39, 0.29) is 22.9 Å². The number of rotatable bonds is 1. The van der Waals surface area contributed by atoms with E-state index in [1.54, 1.807) is 11.8 Å². The van der Waals surface area contributed by atoms with E-state index in [9.17, 15) is 14.7 Å². The van der Waals surface area contributed by atoms with E-state index in [4.69, 9.17) is 4.42 Å². The first-order valence-electron chi connectivity index (χ1n) is 7.41. The summed E-state index contributed by atoms with van der Waals surface area (Å²) < 4.78 is 5.76. The highest BCUT2D eigenvalue weighted by Gasteiger charge is 2.38. The minimum atomic E-state index is -0.459. The Bertz CT molecular complexity index is 614. The second kappa shape index (κ2) is 4.70. The minimum Gasteiger partial charge on any atom is -0.455 e. The smallest absolute Gasteiger partial charge is 0.289 e. The molecule has 1 N–H and O–H groups in total. The van der Waals surface area contributed by atoms with Gasteiger partial charge in [-0.2, -0.15) is 0 Å². The van der Waals surface area contributed by atoms with Crippen molar-refractivity contribution in [2.24, 2.45) is 5.41 Å². The van der Waals surface area contributed by atoms with Crippen molar-refractivity contribution in [1.82, 2.24) is 4.90 Å². The van der Waals surface area contributed by atoms with Crippen LogP contribution < -0.4 is 0 Å². The fraction of sp³-hybridized carbons (Fsp3) is 0.625. The van der Waals surface area contributed by atoms with Crippen LogP contribution in [-0.4, -0.2) is 40.9 Å². The molecule has 2 aliphatic rings. The van der Waals surface area contributed by atoms with Gasteiger partial charge in [-0.05, 0) is 18.8 Å². The van der Waals surface area contributed by atoms with E-state index in [0.29, 0.717) is 49.2 Å². The van der Waals surface area contributed by atoms with Crippen LogP contribution in [0.3, 0.4) is 0 Å². The number of ketones is 1. The second-order valence-electron chi connectivity index (χ2n) is 6.99. The van der Waals surface area contributed by atoms with Gasteiger partial charge in [0, 0.05) is 31.5 Å². The van der Waals surface area contributed by atoms with Crippen molar-refractivity contribution in [3.05, 3.63) is 22.6 Å². The predicted octanol–water partition coefficient (Wildman–Crippen LogP) is 1.95. The molecule has 1 atom stereocenters. The quantitative estimate of drug-likeness (QED) is 0.858. The summed E-state index contributed by atoms with van der Waals surface area (Å²) in [4.78, 5) is 26.4. The largest absolute Gasteiger partial charge is 0.455 e. The molecule has 0 radical (unpaired) electrons. The average Bonchev–Trinajstić information content (AvgIpc) is 2.91. The van der Waals surface area contributed by atoms with E-state index in [1.807, 2.05) is 13.8 Å². The van der Waals surface area contributed by atoms with Gasteiger partial charge in [-0.1, -0.05) is 13.8 Å². The SMILES string of the molecule is Cc1c(C(=O)N2CC[C@@H](O)C2)oc2c1C(=O)CC(C)(C)C2. The van der Waals surface area contributed by atoms with Crippen LogP contribution in [0, 0.1) is 12.3 Å². The zero-order valence-electron chi connectivity index (χ0n) is 12.7. The Balaban J connectivity index is 1.95. The van der Waals surface area contributed by atoms with Gasteiger partial charge in [0.05, 0.1) is 11.7 Å². The van der Waals surface area contributed by atoms with Gasteiger partial charge in [-0.25, -0.2) is 0 Å². The first kappa shape index (κ1) is 14.3. The number of aliphatic hydroxyl groups is 1. The monoisotopic (exact) mass is 291 g/mol. The lowest BCUT2D eigenvalue weighted by Crippen LogP contribution is -2.29. The standard InChI is InChI=1S/C16H21NO4/c1-9-13-11(19)6-16(2,3)7-12(13)21-14(9)15(20)17-5-4-10(18)8-17/h10,18H,4-8H2,1-3H3/t10-/m1/s1. The van der Waals surface area contributed by atoms with Crippen LogP contribution in [0.5, 0.6) is 0 Å². The Morgan fingerprint density at radius 2 is 2.10 bits per heavy atom. The predicted molar refractivity (Wildman–Crippen MR) is 76.4 cm³/mol. The number of β-amino-alcohol motifs (C(OH)–C–C–N with tert-alkyl or cyclic N) is 1. The molecule has 0 saturated carbocycles.